The fourth-order valence-corrected chi connectivity index (χ4v) is 2.09. The molecule has 0 aliphatic carbocycles. The van der Waals surface area contributed by atoms with Crippen molar-refractivity contribution in [3.8, 4) is 0 Å². The lowest BCUT2D eigenvalue weighted by molar-refractivity contribution is -0.456. The molecule has 0 radical (unpaired) electrons. The molecular weight excluding hydrogens is 514 g/mol. The van der Waals surface area contributed by atoms with Gasteiger partial charge in [-0.2, -0.15) is 74.6 Å². The molecule has 1 aliphatic rings. The first-order valence-electron chi connectivity index (χ1n) is 7.60. The first-order chi connectivity index (χ1) is 13.6. The van der Waals surface area contributed by atoms with E-state index in [-0.39, 0.29) is 0 Å². The highest BCUT2D eigenvalue weighted by molar-refractivity contribution is 5.17. The van der Waals surface area contributed by atoms with Crippen LogP contribution in [0, 0.1) is 0 Å². The summed E-state index contributed by atoms with van der Waals surface area (Å²) in [4.78, 5) is 0. The Morgan fingerprint density at radius 1 is 0.531 bits per heavy atom. The Morgan fingerprint density at radius 3 is 1.09 bits per heavy atom. The number of halogens is 18. The highest BCUT2D eigenvalue weighted by atomic mass is 19.4. The van der Waals surface area contributed by atoms with E-state index in [0.29, 0.717) is 0 Å². The van der Waals surface area contributed by atoms with Gasteiger partial charge < -0.3 is 4.74 Å². The molecular formula is C13H8F18O. The van der Waals surface area contributed by atoms with E-state index in [1.165, 1.54) is 0 Å². The zero-order valence-corrected chi connectivity index (χ0v) is 14.7. The van der Waals surface area contributed by atoms with Crippen molar-refractivity contribution in [2.45, 2.75) is 72.8 Å². The molecule has 1 heterocycles. The van der Waals surface area contributed by atoms with Crippen molar-refractivity contribution in [3.63, 3.8) is 0 Å². The van der Waals surface area contributed by atoms with Gasteiger partial charge in [0.15, 0.2) is 0 Å². The van der Waals surface area contributed by atoms with Gasteiger partial charge in [0.05, 0.1) is 12.7 Å². The summed E-state index contributed by atoms with van der Waals surface area (Å²) in [6, 6.07) is 0. The van der Waals surface area contributed by atoms with Crippen LogP contribution in [0.5, 0.6) is 0 Å². The molecule has 0 aromatic rings. The van der Waals surface area contributed by atoms with Crippen molar-refractivity contribution >= 4 is 0 Å². The van der Waals surface area contributed by atoms with Gasteiger partial charge in [-0.15, -0.1) is 0 Å². The van der Waals surface area contributed by atoms with E-state index < -0.39 is 79.4 Å². The highest BCUT2D eigenvalue weighted by Gasteiger charge is 2.95. The summed E-state index contributed by atoms with van der Waals surface area (Å²) in [7, 11) is 0. The van der Waals surface area contributed by atoms with Gasteiger partial charge in [0.2, 0.25) is 0 Å². The van der Waals surface area contributed by atoms with Crippen molar-refractivity contribution in [2.75, 3.05) is 6.61 Å². The number of ether oxygens (including phenoxy) is 1. The minimum absolute atomic E-state index is 0.819. The third kappa shape index (κ3) is 3.56. The molecule has 2 unspecified atom stereocenters. The van der Waals surface area contributed by atoms with Gasteiger partial charge in [-0.3, -0.25) is 0 Å². The standard InChI is InChI=1S/C13H8F18O/c1-5(14,13(29,30)31)7(17,18)9(21,22)11(25,26)12(27,28)10(23,24)8(19,20)6(15,16)2-4-3-32-4/h4H,2-3H2,1H3. The lowest BCUT2D eigenvalue weighted by atomic mass is 9.84. The summed E-state index contributed by atoms with van der Waals surface area (Å²) in [5.74, 6) is -56.0. The van der Waals surface area contributed by atoms with Crippen LogP contribution in [0.15, 0.2) is 0 Å². The van der Waals surface area contributed by atoms with Crippen LogP contribution in [0.3, 0.4) is 0 Å². The number of hydrogen-bond donors (Lipinski definition) is 0. The first kappa shape index (κ1) is 28.7. The molecule has 0 amide bonds. The topological polar surface area (TPSA) is 12.5 Å². The molecule has 0 saturated carbocycles. The van der Waals surface area contributed by atoms with Crippen LogP contribution in [0.25, 0.3) is 0 Å². The van der Waals surface area contributed by atoms with E-state index in [9.17, 15) is 79.0 Å². The zero-order chi connectivity index (χ0) is 26.2. The van der Waals surface area contributed by atoms with Crippen molar-refractivity contribution < 1.29 is 83.8 Å². The van der Waals surface area contributed by atoms with E-state index in [1.807, 2.05) is 0 Å². The predicted octanol–water partition coefficient (Wildman–Crippen LogP) is 6.51. The third-order valence-corrected chi connectivity index (χ3v) is 4.44. The second-order valence-electron chi connectivity index (χ2n) is 6.81. The Balaban J connectivity index is 3.61. The van der Waals surface area contributed by atoms with Crippen LogP contribution >= 0.6 is 0 Å². The molecule has 0 aromatic heterocycles. The van der Waals surface area contributed by atoms with Crippen LogP contribution in [-0.2, 0) is 4.74 Å². The molecule has 1 rings (SSSR count). The molecule has 1 fully saturated rings. The molecule has 1 nitrogen and oxygen atoms in total. The molecule has 0 aromatic carbocycles. The van der Waals surface area contributed by atoms with Crippen LogP contribution in [0.2, 0.25) is 0 Å². The van der Waals surface area contributed by atoms with E-state index in [2.05, 4.69) is 4.74 Å². The Kier molecular flexibility index (Phi) is 6.37. The zero-order valence-electron chi connectivity index (χ0n) is 14.7. The molecule has 0 spiro atoms. The van der Waals surface area contributed by atoms with Gasteiger partial charge in [-0.25, -0.2) is 4.39 Å². The Labute approximate surface area is 164 Å². The largest absolute Gasteiger partial charge is 0.428 e. The van der Waals surface area contributed by atoms with E-state index in [1.54, 1.807) is 0 Å². The first-order valence-corrected chi connectivity index (χ1v) is 7.60. The number of hydrogen-bond acceptors (Lipinski definition) is 1. The van der Waals surface area contributed by atoms with Crippen molar-refractivity contribution in [1.29, 1.82) is 0 Å². The second kappa shape index (κ2) is 7.10. The summed E-state index contributed by atoms with van der Waals surface area (Å²) in [6.07, 6.45) is -11.7. The maximum Gasteiger partial charge on any atom is 0.428 e. The smallest absolute Gasteiger partial charge is 0.373 e. The molecule has 2 atom stereocenters. The maximum atomic E-state index is 13.5. The summed E-state index contributed by atoms with van der Waals surface area (Å²) in [5.41, 5.74) is -6.81. The number of epoxide rings is 1. The van der Waals surface area contributed by atoms with Gasteiger partial charge in [0.25, 0.3) is 5.67 Å². The summed E-state index contributed by atoms with van der Waals surface area (Å²) < 4.78 is 242. The quantitative estimate of drug-likeness (QED) is 0.249. The van der Waals surface area contributed by atoms with Gasteiger partial charge in [-0.1, -0.05) is 0 Å². The lowest BCUT2D eigenvalue weighted by Gasteiger charge is -2.44. The van der Waals surface area contributed by atoms with E-state index in [4.69, 9.17) is 0 Å². The monoisotopic (exact) mass is 522 g/mol. The van der Waals surface area contributed by atoms with Crippen molar-refractivity contribution in [3.05, 3.63) is 0 Å². The average molecular weight is 522 g/mol. The van der Waals surface area contributed by atoms with E-state index >= 15 is 0 Å². The average Bonchev–Trinajstić information content (AvgIpc) is 3.35. The fraction of sp³-hybridized carbons (Fsp3) is 1.00. The van der Waals surface area contributed by atoms with Crippen molar-refractivity contribution in [2.24, 2.45) is 0 Å². The second-order valence-corrected chi connectivity index (χ2v) is 6.81. The van der Waals surface area contributed by atoms with Gasteiger partial charge in [0, 0.05) is 6.42 Å². The van der Waals surface area contributed by atoms with Gasteiger partial charge in [0.1, 0.15) is 0 Å². The number of alkyl halides is 18. The predicted molar refractivity (Wildman–Crippen MR) is 64.6 cm³/mol. The molecule has 0 N–H and O–H groups in total. The third-order valence-electron chi connectivity index (χ3n) is 4.44. The molecule has 19 heteroatoms. The summed E-state index contributed by atoms with van der Waals surface area (Å²) >= 11 is 0. The van der Waals surface area contributed by atoms with Gasteiger partial charge >= 0.3 is 47.6 Å². The summed E-state index contributed by atoms with van der Waals surface area (Å²) in [6.45, 7) is -2.38. The van der Waals surface area contributed by atoms with Crippen LogP contribution in [0.1, 0.15) is 13.3 Å². The van der Waals surface area contributed by atoms with Crippen LogP contribution in [0.4, 0.5) is 79.0 Å². The molecule has 0 bridgehead atoms. The maximum absolute atomic E-state index is 13.5. The molecule has 32 heavy (non-hydrogen) atoms. The molecule has 1 aliphatic heterocycles. The lowest BCUT2D eigenvalue weighted by Crippen LogP contribution is -2.76. The molecule has 192 valence electrons. The van der Waals surface area contributed by atoms with Crippen LogP contribution < -0.4 is 0 Å². The Morgan fingerprint density at radius 2 is 0.812 bits per heavy atom. The SMILES string of the molecule is CC(F)(C(F)(F)F)C(F)(F)C(F)(F)C(F)(F)C(F)(F)C(F)(F)C(F)(F)C(F)(F)CC1CO1. The van der Waals surface area contributed by atoms with E-state index in [0.717, 1.165) is 0 Å². The minimum Gasteiger partial charge on any atom is -0.373 e. The van der Waals surface area contributed by atoms with Crippen LogP contribution in [-0.4, -0.2) is 66.0 Å². The normalized spacial score (nSPS) is 22.0. The summed E-state index contributed by atoms with van der Waals surface area (Å²) in [5, 5.41) is 0. The Hall–Kier alpha value is -1.30. The molecule has 1 saturated heterocycles. The minimum atomic E-state index is -8.64. The highest BCUT2D eigenvalue weighted by Crippen LogP contribution is 2.65. The Bertz CT molecular complexity index is 700. The number of rotatable bonds is 9. The van der Waals surface area contributed by atoms with Crippen molar-refractivity contribution in [1.82, 2.24) is 0 Å². The van der Waals surface area contributed by atoms with Gasteiger partial charge in [-0.05, 0) is 6.92 Å². The fourth-order valence-electron chi connectivity index (χ4n) is 2.09.